The summed E-state index contributed by atoms with van der Waals surface area (Å²) in [5, 5.41) is 2.51. The number of hydrogen-bond donors (Lipinski definition) is 1. The first-order chi connectivity index (χ1) is 12.0. The van der Waals surface area contributed by atoms with E-state index in [1.165, 1.54) is 7.05 Å². The Labute approximate surface area is 145 Å². The second-order valence-corrected chi connectivity index (χ2v) is 6.15. The Kier molecular flexibility index (Phi) is 4.39. The smallest absolute Gasteiger partial charge is 0.262 e. The van der Waals surface area contributed by atoms with Gasteiger partial charge in [0.25, 0.3) is 11.8 Å². The molecule has 0 fully saturated rings. The van der Waals surface area contributed by atoms with Crippen molar-refractivity contribution < 1.29 is 19.2 Å². The van der Waals surface area contributed by atoms with Gasteiger partial charge in [-0.25, -0.2) is 0 Å². The van der Waals surface area contributed by atoms with E-state index in [4.69, 9.17) is 0 Å². The van der Waals surface area contributed by atoms with Crippen molar-refractivity contribution in [2.75, 3.05) is 7.05 Å². The molecule has 130 valence electrons. The van der Waals surface area contributed by atoms with E-state index >= 15 is 0 Å². The molecule has 0 radical (unpaired) electrons. The largest absolute Gasteiger partial charge is 0.357 e. The van der Waals surface area contributed by atoms with Crippen LogP contribution in [0.1, 0.15) is 44.7 Å². The predicted molar refractivity (Wildman–Crippen MR) is 89.5 cm³/mol. The molecule has 2 aliphatic rings. The molecule has 0 spiro atoms. The molecule has 1 atom stereocenters. The molecule has 1 N–H and O–H groups in total. The summed E-state index contributed by atoms with van der Waals surface area (Å²) in [6, 6.07) is 2.47. The molecule has 1 aromatic rings. The highest BCUT2D eigenvalue weighted by atomic mass is 16.2. The number of allylic oxidation sites excluding steroid dienone is 1. The molecule has 7 heteroatoms. The molecule has 2 aliphatic heterocycles. The minimum absolute atomic E-state index is 0.295. The monoisotopic (exact) mass is 341 g/mol. The topological polar surface area (TPSA) is 86.8 Å². The van der Waals surface area contributed by atoms with Gasteiger partial charge in [-0.05, 0) is 36.1 Å². The van der Waals surface area contributed by atoms with E-state index in [0.29, 0.717) is 37.1 Å². The van der Waals surface area contributed by atoms with E-state index in [2.05, 4.69) is 11.9 Å². The van der Waals surface area contributed by atoms with Gasteiger partial charge in [0, 0.05) is 20.1 Å². The number of hydrogen-bond acceptors (Lipinski definition) is 4. The van der Waals surface area contributed by atoms with E-state index in [1.807, 2.05) is 0 Å². The first-order valence-electron chi connectivity index (χ1n) is 8.07. The zero-order valence-corrected chi connectivity index (χ0v) is 13.9. The van der Waals surface area contributed by atoms with Crippen LogP contribution < -0.4 is 5.32 Å². The second kappa shape index (κ2) is 6.51. The molecule has 4 amide bonds. The Morgan fingerprint density at radius 3 is 2.24 bits per heavy atom. The number of imide groups is 1. The van der Waals surface area contributed by atoms with E-state index in [0.717, 1.165) is 22.4 Å². The minimum atomic E-state index is -0.864. The average molecular weight is 341 g/mol. The van der Waals surface area contributed by atoms with Crippen molar-refractivity contribution in [2.24, 2.45) is 0 Å². The van der Waals surface area contributed by atoms with Crippen LogP contribution in [0.3, 0.4) is 0 Å². The number of rotatable bonds is 6. The van der Waals surface area contributed by atoms with Gasteiger partial charge in [-0.2, -0.15) is 0 Å². The van der Waals surface area contributed by atoms with Gasteiger partial charge in [0.2, 0.25) is 12.3 Å². The minimum Gasteiger partial charge on any atom is -0.357 e. The molecular formula is C18H19N3O4. The first-order valence-corrected chi connectivity index (χ1v) is 8.07. The summed E-state index contributed by atoms with van der Waals surface area (Å²) in [6.07, 6.45) is 3.23. The Balaban J connectivity index is 1.96. The van der Waals surface area contributed by atoms with Crippen molar-refractivity contribution in [3.63, 3.8) is 0 Å². The van der Waals surface area contributed by atoms with Crippen LogP contribution in [-0.4, -0.2) is 47.0 Å². The summed E-state index contributed by atoms with van der Waals surface area (Å²) in [5.74, 6) is -1.31. The SMILES string of the molecule is C=CCCC(C(=O)NC)N1C(=O)c2cc3c(cc2C1=O)CN(C=O)C3. The fourth-order valence-corrected chi connectivity index (χ4v) is 3.36. The lowest BCUT2D eigenvalue weighted by molar-refractivity contribution is -0.124. The summed E-state index contributed by atoms with van der Waals surface area (Å²) >= 11 is 0. The van der Waals surface area contributed by atoms with Gasteiger partial charge in [0.15, 0.2) is 0 Å². The Morgan fingerprint density at radius 2 is 1.80 bits per heavy atom. The number of nitrogens with zero attached hydrogens (tertiary/aromatic N) is 2. The van der Waals surface area contributed by atoms with E-state index in [1.54, 1.807) is 23.1 Å². The summed E-state index contributed by atoms with van der Waals surface area (Å²) in [7, 11) is 1.48. The van der Waals surface area contributed by atoms with Crippen LogP contribution in [-0.2, 0) is 22.7 Å². The summed E-state index contributed by atoms with van der Waals surface area (Å²) < 4.78 is 0. The molecule has 0 aromatic heterocycles. The molecule has 0 aliphatic carbocycles. The lowest BCUT2D eigenvalue weighted by Crippen LogP contribution is -2.48. The number of likely N-dealkylation sites (N-methyl/N-ethyl adjacent to an activating group) is 1. The van der Waals surface area contributed by atoms with Gasteiger partial charge >= 0.3 is 0 Å². The van der Waals surface area contributed by atoms with Gasteiger partial charge in [0.1, 0.15) is 6.04 Å². The van der Waals surface area contributed by atoms with E-state index in [9.17, 15) is 19.2 Å². The van der Waals surface area contributed by atoms with Gasteiger partial charge in [-0.3, -0.25) is 24.1 Å². The van der Waals surface area contributed by atoms with E-state index < -0.39 is 17.9 Å². The summed E-state index contributed by atoms with van der Waals surface area (Å²) in [5.41, 5.74) is 2.31. The van der Waals surface area contributed by atoms with Gasteiger partial charge in [-0.1, -0.05) is 6.08 Å². The van der Waals surface area contributed by atoms with Crippen molar-refractivity contribution in [1.29, 1.82) is 0 Å². The highest BCUT2D eigenvalue weighted by Crippen LogP contribution is 2.32. The first kappa shape index (κ1) is 16.9. The zero-order chi connectivity index (χ0) is 18.1. The maximum Gasteiger partial charge on any atom is 0.262 e. The van der Waals surface area contributed by atoms with Crippen molar-refractivity contribution in [2.45, 2.75) is 32.0 Å². The van der Waals surface area contributed by atoms with Crippen LogP contribution >= 0.6 is 0 Å². The van der Waals surface area contributed by atoms with Crippen LogP contribution in [0, 0.1) is 0 Å². The Bertz CT molecular complexity index is 742. The highest BCUT2D eigenvalue weighted by molar-refractivity contribution is 6.23. The summed E-state index contributed by atoms with van der Waals surface area (Å²) in [6.45, 7) is 4.46. The molecule has 2 heterocycles. The fourth-order valence-electron chi connectivity index (χ4n) is 3.36. The lowest BCUT2D eigenvalue weighted by Gasteiger charge is -2.24. The maximum absolute atomic E-state index is 12.8. The van der Waals surface area contributed by atoms with Gasteiger partial charge < -0.3 is 10.2 Å². The molecule has 7 nitrogen and oxygen atoms in total. The van der Waals surface area contributed by atoms with Gasteiger partial charge in [0.05, 0.1) is 11.1 Å². The van der Waals surface area contributed by atoms with Crippen molar-refractivity contribution in [3.05, 3.63) is 47.0 Å². The molecule has 0 saturated carbocycles. The quantitative estimate of drug-likeness (QED) is 0.472. The van der Waals surface area contributed by atoms with Crippen LogP contribution in [0.5, 0.6) is 0 Å². The Hall–Kier alpha value is -2.96. The van der Waals surface area contributed by atoms with Gasteiger partial charge in [-0.15, -0.1) is 6.58 Å². The van der Waals surface area contributed by atoms with Crippen LogP contribution in [0.15, 0.2) is 24.8 Å². The van der Waals surface area contributed by atoms with Crippen LogP contribution in [0.4, 0.5) is 0 Å². The van der Waals surface area contributed by atoms with Crippen molar-refractivity contribution in [3.8, 4) is 0 Å². The standard InChI is InChI=1S/C18H19N3O4/c1-3-4-5-15(16(23)19-2)21-17(24)13-6-11-8-20(10-22)9-12(11)7-14(13)18(21)25/h3,6-7,10,15H,1,4-5,8-9H2,2H3,(H,19,23). The number of benzene rings is 1. The number of fused-ring (bicyclic) bond motifs is 2. The molecule has 0 bridgehead atoms. The second-order valence-electron chi connectivity index (χ2n) is 6.15. The molecule has 25 heavy (non-hydrogen) atoms. The van der Waals surface area contributed by atoms with Crippen LogP contribution in [0.2, 0.25) is 0 Å². The number of amides is 4. The van der Waals surface area contributed by atoms with E-state index in [-0.39, 0.29) is 5.91 Å². The molecular weight excluding hydrogens is 322 g/mol. The molecule has 0 saturated heterocycles. The normalized spacial score (nSPS) is 16.5. The fraction of sp³-hybridized carbons (Fsp3) is 0.333. The molecule has 1 unspecified atom stereocenters. The van der Waals surface area contributed by atoms with Crippen LogP contribution in [0.25, 0.3) is 0 Å². The number of nitrogens with one attached hydrogen (secondary N) is 1. The molecule has 1 aromatic carbocycles. The third-order valence-electron chi connectivity index (χ3n) is 4.64. The maximum atomic E-state index is 12.8. The summed E-state index contributed by atoms with van der Waals surface area (Å²) in [4.78, 5) is 51.3. The van der Waals surface area contributed by atoms with Crippen molar-refractivity contribution >= 4 is 24.1 Å². The third kappa shape index (κ3) is 2.71. The number of carbonyl (C=O) groups excluding carboxylic acids is 4. The highest BCUT2D eigenvalue weighted by Gasteiger charge is 2.43. The zero-order valence-electron chi connectivity index (χ0n) is 13.9. The third-order valence-corrected chi connectivity index (χ3v) is 4.64. The molecule has 3 rings (SSSR count). The predicted octanol–water partition coefficient (Wildman–Crippen LogP) is 0.835. The van der Waals surface area contributed by atoms with Crippen molar-refractivity contribution in [1.82, 2.24) is 15.1 Å². The Morgan fingerprint density at radius 1 is 1.24 bits per heavy atom. The average Bonchev–Trinajstić information content (AvgIpc) is 3.13. The lowest BCUT2D eigenvalue weighted by atomic mass is 10.0. The number of carbonyl (C=O) groups is 4.